The molecule has 4 atom stereocenters. The molecule has 15 nitrogen and oxygen atoms in total. The van der Waals surface area contributed by atoms with Crippen LogP contribution < -0.4 is 37.6 Å². The van der Waals surface area contributed by atoms with Crippen LogP contribution in [0.15, 0.2) is 60.7 Å². The molecule has 15 heteroatoms. The Morgan fingerprint density at radius 2 is 1.15 bits per heavy atom. The summed E-state index contributed by atoms with van der Waals surface area (Å²) in [5.74, 6) is -3.12. The fourth-order valence-electron chi connectivity index (χ4n) is 5.93. The molecule has 1 saturated heterocycles. The number of nitrogens with two attached hydrogens (primary N) is 1. The number of primary amides is 1. The number of amides is 7. The number of benzene rings is 2. The van der Waals surface area contributed by atoms with Crippen LogP contribution in [-0.4, -0.2) is 84.4 Å². The first kappa shape index (κ1) is 43.9. The smallest absolute Gasteiger partial charge is 0.408 e. The molecule has 1 aliphatic heterocycles. The molecule has 3 rings (SSSR count). The predicted molar refractivity (Wildman–Crippen MR) is 206 cm³/mol. The second kappa shape index (κ2) is 22.7. The van der Waals surface area contributed by atoms with Crippen LogP contribution in [-0.2, 0) is 46.3 Å². The van der Waals surface area contributed by atoms with Gasteiger partial charge in [-0.1, -0.05) is 60.7 Å². The minimum Gasteiger partial charge on any atom is -0.444 e. The topological polar surface area (TPSA) is 227 Å². The van der Waals surface area contributed by atoms with Crippen molar-refractivity contribution in [3.05, 3.63) is 71.8 Å². The van der Waals surface area contributed by atoms with Gasteiger partial charge in [0.15, 0.2) is 0 Å². The van der Waals surface area contributed by atoms with Crippen LogP contribution in [0, 0.1) is 0 Å². The zero-order valence-corrected chi connectivity index (χ0v) is 32.1. The van der Waals surface area contributed by atoms with Gasteiger partial charge in [0.2, 0.25) is 35.4 Å². The second-order valence-corrected chi connectivity index (χ2v) is 14.7. The van der Waals surface area contributed by atoms with Crippen molar-refractivity contribution >= 4 is 41.5 Å². The van der Waals surface area contributed by atoms with Crippen LogP contribution in [0.1, 0.15) is 89.7 Å². The SMILES string of the molecule is CC(C)(C)OC(=O)N[C@H]1CCCCNC(=O)CCCC(=O)NCCCC[C@@H](C(N)=O)NC(=O)[C@H](Cc2ccccc2)NC(=O)[C@H](Cc2ccccc2)NC1=O. The van der Waals surface area contributed by atoms with E-state index in [9.17, 15) is 33.6 Å². The highest BCUT2D eigenvalue weighted by atomic mass is 16.6. The largest absolute Gasteiger partial charge is 0.444 e. The molecule has 0 radical (unpaired) electrons. The van der Waals surface area contributed by atoms with Gasteiger partial charge in [0.1, 0.15) is 29.8 Å². The molecular weight excluding hydrogens is 706 g/mol. The summed E-state index contributed by atoms with van der Waals surface area (Å²) in [5.41, 5.74) is 6.30. The second-order valence-electron chi connectivity index (χ2n) is 14.7. The van der Waals surface area contributed by atoms with Crippen LogP contribution in [0.25, 0.3) is 0 Å². The molecular formula is C40H57N7O8. The Kier molecular flexibility index (Phi) is 18.1. The van der Waals surface area contributed by atoms with Crippen molar-refractivity contribution in [2.45, 2.75) is 121 Å². The van der Waals surface area contributed by atoms with Gasteiger partial charge in [-0.2, -0.15) is 0 Å². The number of nitrogens with one attached hydrogen (secondary N) is 6. The number of alkyl carbamates (subject to hydrolysis) is 1. The predicted octanol–water partition coefficient (Wildman–Crippen LogP) is 2.06. The lowest BCUT2D eigenvalue weighted by Gasteiger charge is -2.27. The lowest BCUT2D eigenvalue weighted by molar-refractivity contribution is -0.133. The molecule has 1 fully saturated rings. The monoisotopic (exact) mass is 763 g/mol. The number of rotatable bonds is 6. The summed E-state index contributed by atoms with van der Waals surface area (Å²) in [6.07, 6.45) is 2.24. The van der Waals surface area contributed by atoms with Gasteiger partial charge < -0.3 is 42.4 Å². The normalized spacial score (nSPS) is 22.2. The van der Waals surface area contributed by atoms with Crippen molar-refractivity contribution in [3.63, 3.8) is 0 Å². The highest BCUT2D eigenvalue weighted by Crippen LogP contribution is 2.12. The number of carbonyl (C=O) groups excluding carboxylic acids is 7. The van der Waals surface area contributed by atoms with E-state index < -0.39 is 59.5 Å². The van der Waals surface area contributed by atoms with E-state index in [0.29, 0.717) is 45.2 Å². The van der Waals surface area contributed by atoms with Crippen molar-refractivity contribution in [3.8, 4) is 0 Å². The average molecular weight is 764 g/mol. The van der Waals surface area contributed by atoms with Crippen molar-refractivity contribution in [2.24, 2.45) is 5.73 Å². The average Bonchev–Trinajstić information content (AvgIpc) is 3.12. The van der Waals surface area contributed by atoms with Gasteiger partial charge in [-0.05, 0) is 76.8 Å². The van der Waals surface area contributed by atoms with Crippen molar-refractivity contribution in [2.75, 3.05) is 13.1 Å². The molecule has 0 unspecified atom stereocenters. The quantitative estimate of drug-likeness (QED) is 0.230. The molecule has 0 aromatic heterocycles. The van der Waals surface area contributed by atoms with Crippen LogP contribution in [0.5, 0.6) is 0 Å². The van der Waals surface area contributed by atoms with E-state index in [-0.39, 0.29) is 50.3 Å². The van der Waals surface area contributed by atoms with E-state index in [0.717, 1.165) is 11.1 Å². The summed E-state index contributed by atoms with van der Waals surface area (Å²) in [7, 11) is 0. The molecule has 0 aliphatic carbocycles. The Bertz CT molecular complexity index is 1580. The first-order chi connectivity index (χ1) is 26.2. The van der Waals surface area contributed by atoms with Gasteiger partial charge in [0.05, 0.1) is 0 Å². The lowest BCUT2D eigenvalue weighted by Crippen LogP contribution is -2.59. The molecule has 1 heterocycles. The van der Waals surface area contributed by atoms with E-state index in [1.807, 2.05) is 12.1 Å². The summed E-state index contributed by atoms with van der Waals surface area (Å²) in [5, 5.41) is 16.5. The Morgan fingerprint density at radius 1 is 0.673 bits per heavy atom. The van der Waals surface area contributed by atoms with Crippen molar-refractivity contribution in [1.82, 2.24) is 31.9 Å². The highest BCUT2D eigenvalue weighted by molar-refractivity contribution is 5.95. The highest BCUT2D eigenvalue weighted by Gasteiger charge is 2.32. The van der Waals surface area contributed by atoms with E-state index in [1.54, 1.807) is 69.3 Å². The fraction of sp³-hybridized carbons (Fsp3) is 0.525. The molecule has 2 aromatic carbocycles. The number of hydrogen-bond acceptors (Lipinski definition) is 8. The lowest BCUT2D eigenvalue weighted by atomic mass is 10.0. The number of carbonyl (C=O) groups is 7. The molecule has 1 aliphatic rings. The zero-order chi connectivity index (χ0) is 40.2. The van der Waals surface area contributed by atoms with Crippen molar-refractivity contribution in [1.29, 1.82) is 0 Å². The summed E-state index contributed by atoms with van der Waals surface area (Å²) in [6, 6.07) is 13.5. The van der Waals surface area contributed by atoms with Crippen LogP contribution >= 0.6 is 0 Å². The molecule has 7 amide bonds. The fourth-order valence-corrected chi connectivity index (χ4v) is 5.93. The van der Waals surface area contributed by atoms with Gasteiger partial charge >= 0.3 is 6.09 Å². The van der Waals surface area contributed by atoms with Gasteiger partial charge in [0.25, 0.3) is 0 Å². The molecule has 2 aromatic rings. The maximum absolute atomic E-state index is 14.2. The van der Waals surface area contributed by atoms with Gasteiger partial charge in [-0.25, -0.2) is 4.79 Å². The Balaban J connectivity index is 1.93. The maximum Gasteiger partial charge on any atom is 0.408 e. The first-order valence-electron chi connectivity index (χ1n) is 19.0. The van der Waals surface area contributed by atoms with E-state index in [1.165, 1.54) is 0 Å². The van der Waals surface area contributed by atoms with E-state index in [2.05, 4.69) is 31.9 Å². The third-order valence-electron chi connectivity index (χ3n) is 8.79. The molecule has 8 N–H and O–H groups in total. The Hall–Kier alpha value is -5.47. The molecule has 300 valence electrons. The molecule has 0 bridgehead atoms. The third kappa shape index (κ3) is 17.5. The van der Waals surface area contributed by atoms with Crippen LogP contribution in [0.3, 0.4) is 0 Å². The summed E-state index contributed by atoms with van der Waals surface area (Å²) >= 11 is 0. The third-order valence-corrected chi connectivity index (χ3v) is 8.79. The number of ether oxygens (including phenoxy) is 1. The molecule has 0 saturated carbocycles. The summed E-state index contributed by atoms with van der Waals surface area (Å²) in [6.45, 7) is 5.74. The van der Waals surface area contributed by atoms with Crippen LogP contribution in [0.4, 0.5) is 4.79 Å². The van der Waals surface area contributed by atoms with E-state index >= 15 is 0 Å². The zero-order valence-electron chi connectivity index (χ0n) is 32.1. The van der Waals surface area contributed by atoms with Gasteiger partial charge in [0, 0.05) is 38.8 Å². The van der Waals surface area contributed by atoms with Crippen molar-refractivity contribution < 1.29 is 38.3 Å². The van der Waals surface area contributed by atoms with E-state index in [4.69, 9.17) is 10.5 Å². The summed E-state index contributed by atoms with van der Waals surface area (Å²) < 4.78 is 5.42. The van der Waals surface area contributed by atoms with Gasteiger partial charge in [-0.3, -0.25) is 28.8 Å². The standard InChI is InChI=1S/C40H57N7O8/c1-40(2,3)55-39(54)47-30-20-11-13-24-43-34(49)22-14-21-33(48)42-23-12-10-19-29(35(41)50)44-37(52)31(25-27-15-6-4-7-16-27)46-38(53)32(45-36(30)51)26-28-17-8-5-9-18-28/h4-9,15-18,29-32H,10-14,19-26H2,1-3H3,(H2,41,50)(H,42,48)(H,43,49)(H,44,52)(H,45,51)(H,46,53)(H,47,54)/t29-,30-,31-,32-/m0/s1. The van der Waals surface area contributed by atoms with Crippen LogP contribution in [0.2, 0.25) is 0 Å². The molecule has 0 spiro atoms. The maximum atomic E-state index is 14.2. The van der Waals surface area contributed by atoms with Gasteiger partial charge in [-0.15, -0.1) is 0 Å². The number of hydrogen-bond donors (Lipinski definition) is 7. The minimum absolute atomic E-state index is 0.0593. The first-order valence-corrected chi connectivity index (χ1v) is 19.0. The molecule has 55 heavy (non-hydrogen) atoms. The Labute approximate surface area is 323 Å². The Morgan fingerprint density at radius 3 is 1.64 bits per heavy atom. The minimum atomic E-state index is -1.18. The summed E-state index contributed by atoms with van der Waals surface area (Å²) in [4.78, 5) is 91.9.